The number of amides is 1. The van der Waals surface area contributed by atoms with Gasteiger partial charge in [0.2, 0.25) is 11.0 Å². The molecule has 0 unspecified atom stereocenters. The number of carbonyl (C=O) groups excluding carboxylic acids is 1. The van der Waals surface area contributed by atoms with Crippen LogP contribution >= 0.6 is 36.3 Å². The van der Waals surface area contributed by atoms with Gasteiger partial charge >= 0.3 is 0 Å². The van der Waals surface area contributed by atoms with E-state index in [4.69, 9.17) is 5.73 Å². The van der Waals surface area contributed by atoms with E-state index in [9.17, 15) is 4.79 Å². The van der Waals surface area contributed by atoms with E-state index >= 15 is 0 Å². The van der Waals surface area contributed by atoms with Gasteiger partial charge in [0, 0.05) is 56.2 Å². The molecule has 1 aliphatic heterocycles. The second-order valence-corrected chi connectivity index (χ2v) is 7.00. The number of rotatable bonds is 5. The van der Waals surface area contributed by atoms with Crippen LogP contribution in [0.25, 0.3) is 0 Å². The lowest BCUT2D eigenvalue weighted by atomic mass is 10.1. The number of halogens is 2. The third kappa shape index (κ3) is 6.23. The Morgan fingerprint density at radius 1 is 1.19 bits per heavy atom. The molecule has 2 aromatic rings. The van der Waals surface area contributed by atoms with E-state index in [2.05, 4.69) is 21.2 Å². The van der Waals surface area contributed by atoms with Gasteiger partial charge < -0.3 is 15.5 Å². The van der Waals surface area contributed by atoms with E-state index in [-0.39, 0.29) is 30.7 Å². The molecule has 6 nitrogen and oxygen atoms in total. The summed E-state index contributed by atoms with van der Waals surface area (Å²) in [6.07, 6.45) is 3.02. The van der Waals surface area contributed by atoms with Crippen LogP contribution in [-0.2, 0) is 17.6 Å². The highest BCUT2D eigenvalue weighted by molar-refractivity contribution is 7.09. The highest BCUT2D eigenvalue weighted by Crippen LogP contribution is 2.20. The van der Waals surface area contributed by atoms with Crippen LogP contribution in [0.15, 0.2) is 24.3 Å². The van der Waals surface area contributed by atoms with Gasteiger partial charge in [-0.15, -0.1) is 24.8 Å². The van der Waals surface area contributed by atoms with Crippen molar-refractivity contribution in [1.82, 2.24) is 14.3 Å². The third-order valence-corrected chi connectivity index (χ3v) is 5.37. The summed E-state index contributed by atoms with van der Waals surface area (Å²) in [6, 6.07) is 7.76. The van der Waals surface area contributed by atoms with E-state index in [0.717, 1.165) is 61.2 Å². The Morgan fingerprint density at radius 3 is 2.67 bits per heavy atom. The fraction of sp³-hybridized carbons (Fsp3) is 0.500. The molecule has 0 radical (unpaired) electrons. The quantitative estimate of drug-likeness (QED) is 0.735. The molecular formula is C18H27Cl2N5OS. The van der Waals surface area contributed by atoms with Crippen LogP contribution in [0.2, 0.25) is 0 Å². The fourth-order valence-corrected chi connectivity index (χ4v) is 3.84. The molecule has 2 heterocycles. The van der Waals surface area contributed by atoms with Crippen LogP contribution in [0, 0.1) is 0 Å². The van der Waals surface area contributed by atoms with Crippen molar-refractivity contribution < 1.29 is 4.79 Å². The highest BCUT2D eigenvalue weighted by atomic mass is 35.5. The average molecular weight is 432 g/mol. The summed E-state index contributed by atoms with van der Waals surface area (Å²) in [6.45, 7) is 5.35. The zero-order valence-corrected chi connectivity index (χ0v) is 17.9. The molecule has 1 aliphatic rings. The van der Waals surface area contributed by atoms with Gasteiger partial charge in [-0.2, -0.15) is 4.37 Å². The Balaban J connectivity index is 0.00000182. The number of hydrogen-bond donors (Lipinski definition) is 1. The summed E-state index contributed by atoms with van der Waals surface area (Å²) in [5.41, 5.74) is 7.78. The van der Waals surface area contributed by atoms with Crippen molar-refractivity contribution in [1.29, 1.82) is 0 Å². The van der Waals surface area contributed by atoms with E-state index < -0.39 is 0 Å². The third-order valence-electron chi connectivity index (χ3n) is 4.56. The molecular weight excluding hydrogens is 405 g/mol. The van der Waals surface area contributed by atoms with Crippen molar-refractivity contribution >= 4 is 53.1 Å². The normalized spacial score (nSPS) is 14.1. The van der Waals surface area contributed by atoms with Crippen molar-refractivity contribution in [3.63, 3.8) is 0 Å². The second-order valence-electron chi connectivity index (χ2n) is 6.27. The lowest BCUT2D eigenvalue weighted by Crippen LogP contribution is -2.35. The number of benzene rings is 1. The molecule has 1 amide bonds. The Kier molecular flexibility index (Phi) is 9.83. The summed E-state index contributed by atoms with van der Waals surface area (Å²) in [5.74, 6) is 1.11. The summed E-state index contributed by atoms with van der Waals surface area (Å²) in [7, 11) is 0. The van der Waals surface area contributed by atoms with Crippen LogP contribution < -0.4 is 10.6 Å². The maximum absolute atomic E-state index is 12.6. The SMILES string of the molecule is CCc1nsc(N2CCCN(C(=O)CCc3ccccc3N)CC2)n1.Cl.Cl. The van der Waals surface area contributed by atoms with Crippen molar-refractivity contribution in [3.8, 4) is 0 Å². The first-order valence-electron chi connectivity index (χ1n) is 8.86. The van der Waals surface area contributed by atoms with E-state index in [1.807, 2.05) is 29.2 Å². The summed E-state index contributed by atoms with van der Waals surface area (Å²) >= 11 is 1.46. The van der Waals surface area contributed by atoms with Crippen LogP contribution in [0.1, 0.15) is 31.2 Å². The number of carbonyl (C=O) groups is 1. The molecule has 3 rings (SSSR count). The Bertz CT molecular complexity index is 727. The molecule has 1 aromatic carbocycles. The first kappa shape index (κ1) is 23.5. The van der Waals surface area contributed by atoms with Crippen molar-refractivity contribution in [2.45, 2.75) is 32.6 Å². The van der Waals surface area contributed by atoms with Crippen LogP contribution in [0.3, 0.4) is 0 Å². The second kappa shape index (κ2) is 11.3. The molecule has 1 fully saturated rings. The van der Waals surface area contributed by atoms with Gasteiger partial charge in [-0.3, -0.25) is 4.79 Å². The zero-order valence-electron chi connectivity index (χ0n) is 15.5. The Morgan fingerprint density at radius 2 is 1.96 bits per heavy atom. The van der Waals surface area contributed by atoms with Gasteiger partial charge in [0.15, 0.2) is 0 Å². The Labute approximate surface area is 177 Å². The average Bonchev–Trinajstić information content (AvgIpc) is 2.97. The number of nitrogens with zero attached hydrogens (tertiary/aromatic N) is 4. The monoisotopic (exact) mass is 431 g/mol. The number of nitrogens with two attached hydrogens (primary N) is 1. The van der Waals surface area contributed by atoms with Crippen molar-refractivity contribution in [2.24, 2.45) is 0 Å². The topological polar surface area (TPSA) is 75.4 Å². The van der Waals surface area contributed by atoms with Crippen LogP contribution in [-0.4, -0.2) is 46.3 Å². The first-order valence-corrected chi connectivity index (χ1v) is 9.63. The molecule has 0 spiro atoms. The van der Waals surface area contributed by atoms with E-state index in [1.54, 1.807) is 0 Å². The molecule has 0 aliphatic carbocycles. The molecule has 0 saturated carbocycles. The van der Waals surface area contributed by atoms with Gasteiger partial charge in [-0.1, -0.05) is 25.1 Å². The summed E-state index contributed by atoms with van der Waals surface area (Å²) in [5, 5.41) is 0.975. The molecule has 1 saturated heterocycles. The molecule has 2 N–H and O–H groups in total. The number of anilines is 2. The largest absolute Gasteiger partial charge is 0.399 e. The molecule has 0 atom stereocenters. The predicted octanol–water partition coefficient (Wildman–Crippen LogP) is 3.20. The van der Waals surface area contributed by atoms with Gasteiger partial charge in [-0.25, -0.2) is 4.98 Å². The lowest BCUT2D eigenvalue weighted by molar-refractivity contribution is -0.130. The maximum atomic E-state index is 12.6. The Hall–Kier alpha value is -1.57. The number of nitrogen functional groups attached to an aromatic ring is 1. The standard InChI is InChI=1S/C18H25N5OS.2ClH/c1-2-16-20-18(25-21-16)23-11-5-10-22(12-13-23)17(24)9-8-14-6-3-4-7-15(14)19;;/h3-4,6-7H,2,5,8-13,19H2,1H3;2*1H. The fourth-order valence-electron chi connectivity index (χ4n) is 3.04. The lowest BCUT2D eigenvalue weighted by Gasteiger charge is -2.21. The van der Waals surface area contributed by atoms with Crippen molar-refractivity contribution in [3.05, 3.63) is 35.7 Å². The predicted molar refractivity (Wildman–Crippen MR) is 116 cm³/mol. The first-order chi connectivity index (χ1) is 12.2. The zero-order chi connectivity index (χ0) is 17.6. The minimum atomic E-state index is 0. The van der Waals surface area contributed by atoms with Gasteiger partial charge in [0.25, 0.3) is 0 Å². The smallest absolute Gasteiger partial charge is 0.222 e. The number of para-hydroxylation sites is 1. The number of hydrogen-bond acceptors (Lipinski definition) is 6. The molecule has 9 heteroatoms. The molecule has 27 heavy (non-hydrogen) atoms. The van der Waals surface area contributed by atoms with Crippen molar-refractivity contribution in [2.75, 3.05) is 36.8 Å². The van der Waals surface area contributed by atoms with E-state index in [0.29, 0.717) is 12.8 Å². The van der Waals surface area contributed by atoms with E-state index in [1.165, 1.54) is 11.5 Å². The summed E-state index contributed by atoms with van der Waals surface area (Å²) < 4.78 is 4.36. The minimum Gasteiger partial charge on any atom is -0.399 e. The van der Waals surface area contributed by atoms with Gasteiger partial charge in [-0.05, 0) is 24.5 Å². The van der Waals surface area contributed by atoms with Crippen LogP contribution in [0.5, 0.6) is 0 Å². The molecule has 1 aromatic heterocycles. The van der Waals surface area contributed by atoms with Gasteiger partial charge in [0.05, 0.1) is 0 Å². The number of aryl methyl sites for hydroxylation is 2. The molecule has 150 valence electrons. The summed E-state index contributed by atoms with van der Waals surface area (Å²) in [4.78, 5) is 21.4. The highest BCUT2D eigenvalue weighted by Gasteiger charge is 2.21. The minimum absolute atomic E-state index is 0. The maximum Gasteiger partial charge on any atom is 0.222 e. The number of aromatic nitrogens is 2. The van der Waals surface area contributed by atoms with Crippen LogP contribution in [0.4, 0.5) is 10.8 Å². The molecule has 0 bridgehead atoms. The van der Waals surface area contributed by atoms with Gasteiger partial charge in [0.1, 0.15) is 5.82 Å².